The quantitative estimate of drug-likeness (QED) is 0.659. The summed E-state index contributed by atoms with van der Waals surface area (Å²) in [5.74, 6) is -0.293. The van der Waals surface area contributed by atoms with E-state index >= 15 is 0 Å². The first-order chi connectivity index (χ1) is 13.4. The highest BCUT2D eigenvalue weighted by molar-refractivity contribution is 6.04. The van der Waals surface area contributed by atoms with Crippen molar-refractivity contribution in [3.05, 3.63) is 86.7 Å². The van der Waals surface area contributed by atoms with Crippen LogP contribution in [0.2, 0.25) is 0 Å². The Morgan fingerprint density at radius 2 is 1.79 bits per heavy atom. The smallest absolute Gasteiger partial charge is 0.333 e. The Morgan fingerprint density at radius 1 is 1.07 bits per heavy atom. The minimum absolute atomic E-state index is 0.151. The molecule has 2 aromatic carbocycles. The van der Waals surface area contributed by atoms with Crippen molar-refractivity contribution in [1.82, 2.24) is 9.55 Å². The Balaban J connectivity index is 1.97. The number of ketones is 1. The number of nitrogens with zero attached hydrogens (tertiary/aromatic N) is 1. The molecular weight excluding hydrogens is 362 g/mol. The van der Waals surface area contributed by atoms with Crippen molar-refractivity contribution in [2.75, 3.05) is 12.4 Å². The van der Waals surface area contributed by atoms with Crippen molar-refractivity contribution in [2.45, 2.75) is 6.92 Å². The Kier molecular flexibility index (Phi) is 5.21. The SMILES string of the molecule is COc1ccc(-n2c(=O)[nH]cc(C(=O)Nc3cccc(C(C)=O)c3)c2=O)cc1. The summed E-state index contributed by atoms with van der Waals surface area (Å²) in [5, 5.41) is 2.56. The topological polar surface area (TPSA) is 110 Å². The number of ether oxygens (including phenoxy) is 1. The minimum atomic E-state index is -0.769. The fraction of sp³-hybridized carbons (Fsp3) is 0.100. The lowest BCUT2D eigenvalue weighted by atomic mass is 10.1. The molecule has 0 atom stereocenters. The molecule has 0 saturated heterocycles. The van der Waals surface area contributed by atoms with E-state index in [1.807, 2.05) is 0 Å². The highest BCUT2D eigenvalue weighted by Gasteiger charge is 2.16. The van der Waals surface area contributed by atoms with Crippen LogP contribution in [0.3, 0.4) is 0 Å². The molecule has 0 radical (unpaired) electrons. The van der Waals surface area contributed by atoms with Gasteiger partial charge in [-0.25, -0.2) is 9.36 Å². The van der Waals surface area contributed by atoms with E-state index in [0.717, 1.165) is 10.8 Å². The molecule has 8 heteroatoms. The third-order valence-electron chi connectivity index (χ3n) is 4.08. The molecule has 0 spiro atoms. The van der Waals surface area contributed by atoms with E-state index in [4.69, 9.17) is 4.74 Å². The third kappa shape index (κ3) is 3.75. The molecule has 3 rings (SSSR count). The fourth-order valence-electron chi connectivity index (χ4n) is 2.62. The lowest BCUT2D eigenvalue weighted by Crippen LogP contribution is -2.38. The molecular formula is C20H17N3O5. The molecule has 0 fully saturated rings. The number of nitrogens with one attached hydrogen (secondary N) is 2. The Labute approximate surface area is 159 Å². The van der Waals surface area contributed by atoms with Gasteiger partial charge in [0, 0.05) is 17.4 Å². The number of rotatable bonds is 5. The molecule has 8 nitrogen and oxygen atoms in total. The van der Waals surface area contributed by atoms with Crippen LogP contribution in [0, 0.1) is 0 Å². The fourth-order valence-corrected chi connectivity index (χ4v) is 2.62. The number of H-pyrrole nitrogens is 1. The van der Waals surface area contributed by atoms with Gasteiger partial charge in [-0.1, -0.05) is 12.1 Å². The lowest BCUT2D eigenvalue weighted by Gasteiger charge is -2.09. The molecule has 142 valence electrons. The number of aromatic amines is 1. The van der Waals surface area contributed by atoms with E-state index < -0.39 is 17.2 Å². The van der Waals surface area contributed by atoms with Gasteiger partial charge in [0.2, 0.25) is 0 Å². The van der Waals surface area contributed by atoms with Crippen molar-refractivity contribution in [3.63, 3.8) is 0 Å². The van der Waals surface area contributed by atoms with Gasteiger partial charge < -0.3 is 15.0 Å². The van der Waals surface area contributed by atoms with E-state index in [2.05, 4.69) is 10.3 Å². The number of methoxy groups -OCH3 is 1. The van der Waals surface area contributed by atoms with Crippen LogP contribution < -0.4 is 21.3 Å². The first-order valence-electron chi connectivity index (χ1n) is 8.32. The van der Waals surface area contributed by atoms with E-state index in [1.54, 1.807) is 30.3 Å². The highest BCUT2D eigenvalue weighted by Crippen LogP contribution is 2.14. The number of aromatic nitrogens is 2. The maximum Gasteiger partial charge on any atom is 0.333 e. The van der Waals surface area contributed by atoms with E-state index in [1.165, 1.54) is 32.2 Å². The number of benzene rings is 2. The molecule has 1 amide bonds. The summed E-state index contributed by atoms with van der Waals surface area (Å²) in [4.78, 5) is 51.3. The normalized spacial score (nSPS) is 10.4. The molecule has 0 aliphatic carbocycles. The van der Waals surface area contributed by atoms with Crippen molar-refractivity contribution >= 4 is 17.4 Å². The number of carbonyl (C=O) groups is 2. The molecule has 0 aliphatic rings. The van der Waals surface area contributed by atoms with Gasteiger partial charge in [-0.2, -0.15) is 0 Å². The summed E-state index contributed by atoms with van der Waals surface area (Å²) in [7, 11) is 1.50. The van der Waals surface area contributed by atoms with Gasteiger partial charge in [-0.05, 0) is 43.3 Å². The summed E-state index contributed by atoms with van der Waals surface area (Å²) in [6.45, 7) is 1.41. The molecule has 3 aromatic rings. The lowest BCUT2D eigenvalue weighted by molar-refractivity contribution is 0.101. The molecule has 0 aliphatic heterocycles. The zero-order valence-electron chi connectivity index (χ0n) is 15.2. The number of anilines is 1. The zero-order valence-corrected chi connectivity index (χ0v) is 15.2. The van der Waals surface area contributed by atoms with Crippen LogP contribution in [0.5, 0.6) is 5.75 Å². The maximum absolute atomic E-state index is 12.7. The Bertz CT molecular complexity index is 1160. The van der Waals surface area contributed by atoms with E-state index in [0.29, 0.717) is 22.7 Å². The second kappa shape index (κ2) is 7.75. The van der Waals surface area contributed by atoms with Crippen LogP contribution in [0.4, 0.5) is 5.69 Å². The summed E-state index contributed by atoms with van der Waals surface area (Å²) in [5.41, 5.74) is -0.613. The van der Waals surface area contributed by atoms with E-state index in [-0.39, 0.29) is 11.3 Å². The van der Waals surface area contributed by atoms with Crippen molar-refractivity contribution < 1.29 is 14.3 Å². The second-order valence-corrected chi connectivity index (χ2v) is 5.94. The Morgan fingerprint density at radius 3 is 2.43 bits per heavy atom. The Hall–Kier alpha value is -3.94. The molecule has 0 bridgehead atoms. The summed E-state index contributed by atoms with van der Waals surface area (Å²) in [6, 6.07) is 12.6. The van der Waals surface area contributed by atoms with Gasteiger partial charge in [0.1, 0.15) is 11.3 Å². The molecule has 2 N–H and O–H groups in total. The number of Topliss-reactive ketones (excluding diaryl/α,β-unsaturated/α-hetero) is 1. The maximum atomic E-state index is 12.7. The highest BCUT2D eigenvalue weighted by atomic mass is 16.5. The number of hydrogen-bond acceptors (Lipinski definition) is 5. The minimum Gasteiger partial charge on any atom is -0.497 e. The first kappa shape index (κ1) is 18.8. The van der Waals surface area contributed by atoms with Crippen molar-refractivity contribution in [3.8, 4) is 11.4 Å². The molecule has 0 unspecified atom stereocenters. The van der Waals surface area contributed by atoms with Gasteiger partial charge in [0.05, 0.1) is 12.8 Å². The summed E-state index contributed by atoms with van der Waals surface area (Å²) >= 11 is 0. The van der Waals surface area contributed by atoms with Crippen LogP contribution in [0.1, 0.15) is 27.6 Å². The van der Waals surface area contributed by atoms with Gasteiger partial charge >= 0.3 is 5.69 Å². The predicted molar refractivity (Wildman–Crippen MR) is 104 cm³/mol. The molecule has 28 heavy (non-hydrogen) atoms. The molecule has 1 heterocycles. The van der Waals surface area contributed by atoms with Crippen LogP contribution in [-0.4, -0.2) is 28.4 Å². The standard InChI is InChI=1S/C20H17N3O5/c1-12(24)13-4-3-5-14(10-13)22-18(25)17-11-21-20(27)23(19(17)26)15-6-8-16(28-2)9-7-15/h3-11H,1-2H3,(H,21,27)(H,22,25). The van der Waals surface area contributed by atoms with Gasteiger partial charge in [-0.15, -0.1) is 0 Å². The summed E-state index contributed by atoms with van der Waals surface area (Å²) < 4.78 is 5.92. The monoisotopic (exact) mass is 379 g/mol. The largest absolute Gasteiger partial charge is 0.497 e. The van der Waals surface area contributed by atoms with Crippen LogP contribution >= 0.6 is 0 Å². The average molecular weight is 379 g/mol. The number of amides is 1. The average Bonchev–Trinajstić information content (AvgIpc) is 2.68. The molecule has 0 saturated carbocycles. The molecule has 1 aromatic heterocycles. The van der Waals surface area contributed by atoms with Gasteiger partial charge in [0.25, 0.3) is 11.5 Å². The third-order valence-corrected chi connectivity index (χ3v) is 4.08. The van der Waals surface area contributed by atoms with Crippen molar-refractivity contribution in [1.29, 1.82) is 0 Å². The summed E-state index contributed by atoms with van der Waals surface area (Å²) in [6.07, 6.45) is 1.06. The van der Waals surface area contributed by atoms with Crippen LogP contribution in [-0.2, 0) is 0 Å². The van der Waals surface area contributed by atoms with E-state index in [9.17, 15) is 19.2 Å². The van der Waals surface area contributed by atoms with Gasteiger partial charge in [-0.3, -0.25) is 14.4 Å². The number of carbonyl (C=O) groups excluding carboxylic acids is 2. The second-order valence-electron chi connectivity index (χ2n) is 5.94. The predicted octanol–water partition coefficient (Wildman–Crippen LogP) is 1.99. The van der Waals surface area contributed by atoms with Crippen LogP contribution in [0.15, 0.2) is 64.3 Å². The first-order valence-corrected chi connectivity index (χ1v) is 8.32. The van der Waals surface area contributed by atoms with Crippen molar-refractivity contribution in [2.24, 2.45) is 0 Å². The zero-order chi connectivity index (χ0) is 20.3. The van der Waals surface area contributed by atoms with Crippen LogP contribution in [0.25, 0.3) is 5.69 Å². The van der Waals surface area contributed by atoms with Gasteiger partial charge in [0.15, 0.2) is 5.78 Å². The number of hydrogen-bond donors (Lipinski definition) is 2.